The van der Waals surface area contributed by atoms with Gasteiger partial charge in [0, 0.05) is 19.3 Å². The minimum atomic E-state index is -3.51. The van der Waals surface area contributed by atoms with Crippen LogP contribution in [0.2, 0.25) is 0 Å². The van der Waals surface area contributed by atoms with E-state index >= 15 is 0 Å². The smallest absolute Gasteiger partial charge is 0.244 e. The predicted molar refractivity (Wildman–Crippen MR) is 67.9 cm³/mol. The van der Waals surface area contributed by atoms with Gasteiger partial charge in [-0.1, -0.05) is 19.1 Å². The van der Waals surface area contributed by atoms with Crippen LogP contribution in [-0.2, 0) is 10.0 Å². The molecule has 0 aliphatic carbocycles. The molecule has 0 aromatic carbocycles. The molecule has 6 heteroatoms. The minimum Gasteiger partial charge on any atom is -0.384 e. The molecule has 0 saturated heterocycles. The first-order valence-corrected chi connectivity index (χ1v) is 6.68. The Morgan fingerprint density at radius 2 is 2.18 bits per heavy atom. The lowest BCUT2D eigenvalue weighted by Crippen LogP contribution is -2.32. The second-order valence-electron chi connectivity index (χ2n) is 3.81. The van der Waals surface area contributed by atoms with Crippen LogP contribution in [0.1, 0.15) is 13.8 Å². The molecule has 0 aliphatic heterocycles. The molecule has 1 aromatic rings. The average molecular weight is 255 g/mol. The molecule has 0 aliphatic rings. The van der Waals surface area contributed by atoms with Gasteiger partial charge in [-0.25, -0.2) is 13.4 Å². The Hall–Kier alpha value is -1.40. The third-order valence-electron chi connectivity index (χ3n) is 2.20. The first kappa shape index (κ1) is 13.7. The van der Waals surface area contributed by atoms with Gasteiger partial charge in [0.1, 0.15) is 10.7 Å². The Morgan fingerprint density at radius 1 is 1.53 bits per heavy atom. The second kappa shape index (κ2) is 5.29. The summed E-state index contributed by atoms with van der Waals surface area (Å²) >= 11 is 0. The second-order valence-corrected chi connectivity index (χ2v) is 5.75. The van der Waals surface area contributed by atoms with Gasteiger partial charge in [0.2, 0.25) is 10.0 Å². The Kier molecular flexibility index (Phi) is 4.25. The summed E-state index contributed by atoms with van der Waals surface area (Å²) in [5, 5.41) is 0. The molecule has 0 spiro atoms. The monoisotopic (exact) mass is 255 g/mol. The van der Waals surface area contributed by atoms with E-state index in [2.05, 4.69) is 11.6 Å². The van der Waals surface area contributed by atoms with E-state index in [4.69, 9.17) is 5.73 Å². The van der Waals surface area contributed by atoms with Crippen molar-refractivity contribution in [3.05, 3.63) is 30.5 Å². The maximum Gasteiger partial charge on any atom is 0.244 e. The number of hydrogen-bond acceptors (Lipinski definition) is 4. The zero-order valence-electron chi connectivity index (χ0n) is 10.0. The van der Waals surface area contributed by atoms with E-state index in [-0.39, 0.29) is 4.90 Å². The molecule has 0 amide bonds. The number of anilines is 1. The van der Waals surface area contributed by atoms with Crippen LogP contribution in [0.4, 0.5) is 5.82 Å². The highest BCUT2D eigenvalue weighted by molar-refractivity contribution is 7.89. The molecule has 5 nitrogen and oxygen atoms in total. The molecule has 2 N–H and O–H groups in total. The van der Waals surface area contributed by atoms with Crippen molar-refractivity contribution in [3.8, 4) is 0 Å². The van der Waals surface area contributed by atoms with Gasteiger partial charge < -0.3 is 5.73 Å². The van der Waals surface area contributed by atoms with Crippen molar-refractivity contribution in [1.29, 1.82) is 0 Å². The van der Waals surface area contributed by atoms with Crippen LogP contribution in [0, 0.1) is 0 Å². The first-order valence-electron chi connectivity index (χ1n) is 5.24. The molecular weight excluding hydrogens is 238 g/mol. The summed E-state index contributed by atoms with van der Waals surface area (Å²) in [6.07, 6.45) is 1.27. The predicted octanol–water partition coefficient (Wildman–Crippen LogP) is 1.25. The van der Waals surface area contributed by atoms with Crippen LogP contribution in [0.25, 0.3) is 0 Å². The van der Waals surface area contributed by atoms with Crippen LogP contribution in [0.5, 0.6) is 0 Å². The van der Waals surface area contributed by atoms with Gasteiger partial charge in [-0.15, -0.1) is 0 Å². The molecule has 0 fully saturated rings. The van der Waals surface area contributed by atoms with E-state index < -0.39 is 10.0 Å². The van der Waals surface area contributed by atoms with E-state index in [1.54, 1.807) is 13.8 Å². The van der Waals surface area contributed by atoms with Crippen LogP contribution >= 0.6 is 0 Å². The lowest BCUT2D eigenvalue weighted by atomic mass is 10.3. The summed E-state index contributed by atoms with van der Waals surface area (Å²) in [4.78, 5) is 3.94. The van der Waals surface area contributed by atoms with Crippen LogP contribution in [0.3, 0.4) is 0 Å². The van der Waals surface area contributed by atoms with Crippen molar-refractivity contribution in [2.45, 2.75) is 18.7 Å². The fourth-order valence-electron chi connectivity index (χ4n) is 1.36. The number of hydrogen-bond donors (Lipinski definition) is 1. The number of nitrogens with zero attached hydrogens (tertiary/aromatic N) is 2. The van der Waals surface area contributed by atoms with Crippen molar-refractivity contribution in [2.24, 2.45) is 0 Å². The number of nitrogens with two attached hydrogens (primary N) is 1. The fraction of sp³-hybridized carbons (Fsp3) is 0.364. The zero-order chi connectivity index (χ0) is 13.1. The summed E-state index contributed by atoms with van der Waals surface area (Å²) in [5.41, 5.74) is 6.22. The SMILES string of the molecule is C=C(C)CN(CC)S(=O)(=O)c1ccc(N)nc1. The molecule has 17 heavy (non-hydrogen) atoms. The summed E-state index contributed by atoms with van der Waals surface area (Å²) < 4.78 is 25.8. The van der Waals surface area contributed by atoms with Crippen molar-refractivity contribution < 1.29 is 8.42 Å². The molecule has 0 atom stereocenters. The number of nitrogen functional groups attached to an aromatic ring is 1. The van der Waals surface area contributed by atoms with Crippen molar-refractivity contribution in [2.75, 3.05) is 18.8 Å². The highest BCUT2D eigenvalue weighted by Gasteiger charge is 2.22. The van der Waals surface area contributed by atoms with Gasteiger partial charge in [-0.3, -0.25) is 0 Å². The number of pyridine rings is 1. The number of likely N-dealkylation sites (N-methyl/N-ethyl adjacent to an activating group) is 1. The van der Waals surface area contributed by atoms with Crippen LogP contribution in [0.15, 0.2) is 35.4 Å². The largest absolute Gasteiger partial charge is 0.384 e. The highest BCUT2D eigenvalue weighted by Crippen LogP contribution is 2.16. The molecule has 1 aromatic heterocycles. The highest BCUT2D eigenvalue weighted by atomic mass is 32.2. The van der Waals surface area contributed by atoms with Crippen LogP contribution < -0.4 is 5.73 Å². The van der Waals surface area contributed by atoms with E-state index in [1.807, 2.05) is 0 Å². The maximum absolute atomic E-state index is 12.2. The van der Waals surface area contributed by atoms with Crippen molar-refractivity contribution in [3.63, 3.8) is 0 Å². The molecular formula is C11H17N3O2S. The third kappa shape index (κ3) is 3.28. The lowest BCUT2D eigenvalue weighted by Gasteiger charge is -2.20. The Morgan fingerprint density at radius 3 is 2.59 bits per heavy atom. The number of sulfonamides is 1. The number of aromatic nitrogens is 1. The minimum absolute atomic E-state index is 0.148. The fourth-order valence-corrected chi connectivity index (χ4v) is 2.82. The van der Waals surface area contributed by atoms with Gasteiger partial charge in [0.25, 0.3) is 0 Å². The molecule has 94 valence electrons. The van der Waals surface area contributed by atoms with Gasteiger partial charge in [-0.05, 0) is 19.1 Å². The normalized spacial score (nSPS) is 11.7. The van der Waals surface area contributed by atoms with E-state index in [0.717, 1.165) is 5.57 Å². The van der Waals surface area contributed by atoms with Crippen molar-refractivity contribution >= 4 is 15.8 Å². The first-order chi connectivity index (χ1) is 7.87. The Balaban J connectivity index is 3.08. The maximum atomic E-state index is 12.2. The number of rotatable bonds is 5. The topological polar surface area (TPSA) is 76.3 Å². The Bertz CT molecular complexity index is 494. The Labute approximate surface area is 102 Å². The molecule has 1 rings (SSSR count). The average Bonchev–Trinajstić information content (AvgIpc) is 2.26. The lowest BCUT2D eigenvalue weighted by molar-refractivity contribution is 0.452. The third-order valence-corrected chi connectivity index (χ3v) is 4.10. The van der Waals surface area contributed by atoms with Gasteiger partial charge in [0.15, 0.2) is 0 Å². The van der Waals surface area contributed by atoms with Gasteiger partial charge >= 0.3 is 0 Å². The molecule has 0 radical (unpaired) electrons. The van der Waals surface area contributed by atoms with Crippen LogP contribution in [-0.4, -0.2) is 30.8 Å². The zero-order valence-corrected chi connectivity index (χ0v) is 10.9. The molecule has 0 saturated carbocycles. The van der Waals surface area contributed by atoms with Crippen molar-refractivity contribution in [1.82, 2.24) is 9.29 Å². The quantitative estimate of drug-likeness (QED) is 0.803. The summed E-state index contributed by atoms with van der Waals surface area (Å²) in [5.74, 6) is 0.298. The standard InChI is InChI=1S/C11H17N3O2S/c1-4-14(8-9(2)3)17(15,16)10-5-6-11(12)13-7-10/h5-7H,2,4,8H2,1,3H3,(H2,12,13). The molecule has 0 bridgehead atoms. The molecule has 1 heterocycles. The summed E-state index contributed by atoms with van der Waals surface area (Å²) in [7, 11) is -3.51. The van der Waals surface area contributed by atoms with Gasteiger partial charge in [-0.2, -0.15) is 4.31 Å². The van der Waals surface area contributed by atoms with E-state index in [9.17, 15) is 8.42 Å². The molecule has 0 unspecified atom stereocenters. The van der Waals surface area contributed by atoms with E-state index in [1.165, 1.54) is 22.6 Å². The van der Waals surface area contributed by atoms with Gasteiger partial charge in [0.05, 0.1) is 0 Å². The van der Waals surface area contributed by atoms with E-state index in [0.29, 0.717) is 18.9 Å². The summed E-state index contributed by atoms with van der Waals surface area (Å²) in [6.45, 7) is 7.99. The summed E-state index contributed by atoms with van der Waals surface area (Å²) in [6, 6.07) is 2.93.